The van der Waals surface area contributed by atoms with Crippen molar-refractivity contribution in [2.75, 3.05) is 18.6 Å². The fraction of sp³-hybridized carbons (Fsp3) is 0.259. The van der Waals surface area contributed by atoms with Gasteiger partial charge in [0.2, 0.25) is 5.91 Å². The number of rotatable bonds is 7. The number of para-hydroxylation sites is 2. The second-order valence-corrected chi connectivity index (χ2v) is 8.31. The van der Waals surface area contributed by atoms with Gasteiger partial charge in [-0.1, -0.05) is 48.5 Å². The molecule has 0 radical (unpaired) electrons. The number of hydrogen-bond donors (Lipinski definition) is 0. The molecular formula is C27H27N3O2. The van der Waals surface area contributed by atoms with E-state index in [9.17, 15) is 4.79 Å². The highest BCUT2D eigenvalue weighted by atomic mass is 16.5. The number of carbonyl (C=O) groups is 1. The minimum atomic E-state index is 0.0674. The maximum Gasteiger partial charge on any atom is 0.227 e. The molecule has 3 aromatic carbocycles. The number of imidazole rings is 1. The van der Waals surface area contributed by atoms with Crippen molar-refractivity contribution < 1.29 is 9.53 Å². The zero-order valence-corrected chi connectivity index (χ0v) is 18.3. The van der Waals surface area contributed by atoms with Gasteiger partial charge in [-0.2, -0.15) is 0 Å². The summed E-state index contributed by atoms with van der Waals surface area (Å²) in [6.45, 7) is 1.52. The number of fused-ring (bicyclic) bond motifs is 1. The van der Waals surface area contributed by atoms with Crippen LogP contribution in [0.15, 0.2) is 78.9 Å². The molecule has 4 aromatic rings. The van der Waals surface area contributed by atoms with Crippen LogP contribution < -0.4 is 9.64 Å². The highest BCUT2D eigenvalue weighted by molar-refractivity contribution is 5.96. The van der Waals surface area contributed by atoms with Crippen molar-refractivity contribution in [1.29, 1.82) is 0 Å². The van der Waals surface area contributed by atoms with Gasteiger partial charge in [-0.3, -0.25) is 4.79 Å². The number of methoxy groups -OCH3 is 1. The lowest BCUT2D eigenvalue weighted by atomic mass is 10.1. The van der Waals surface area contributed by atoms with Gasteiger partial charge in [-0.25, -0.2) is 4.98 Å². The van der Waals surface area contributed by atoms with E-state index in [1.54, 1.807) is 7.11 Å². The molecule has 0 spiro atoms. The summed E-state index contributed by atoms with van der Waals surface area (Å²) in [5, 5.41) is 0. The van der Waals surface area contributed by atoms with Crippen LogP contribution >= 0.6 is 0 Å². The standard InChI is InChI=1S/C27H27N3O2/c1-32-23-13-7-12-22(18-23)30-19-21(17-26(30)31)27-28-24-14-5-6-15-25(24)29(27)16-8-11-20-9-3-2-4-10-20/h2-7,9-10,12-15,18,21H,8,11,16-17,19H2,1H3/t21-/m1/s1. The first-order chi connectivity index (χ1) is 15.7. The van der Waals surface area contributed by atoms with Gasteiger partial charge in [-0.15, -0.1) is 0 Å². The number of amides is 1. The normalized spacial score (nSPS) is 16.1. The van der Waals surface area contributed by atoms with E-state index >= 15 is 0 Å². The molecule has 1 fully saturated rings. The quantitative estimate of drug-likeness (QED) is 0.409. The van der Waals surface area contributed by atoms with Crippen molar-refractivity contribution in [3.63, 3.8) is 0 Å². The summed E-state index contributed by atoms with van der Waals surface area (Å²) >= 11 is 0. The molecule has 1 atom stereocenters. The van der Waals surface area contributed by atoms with E-state index in [1.807, 2.05) is 35.2 Å². The van der Waals surface area contributed by atoms with Crippen LogP contribution in [0.2, 0.25) is 0 Å². The van der Waals surface area contributed by atoms with Crippen LogP contribution in [0.4, 0.5) is 5.69 Å². The molecule has 32 heavy (non-hydrogen) atoms. The van der Waals surface area contributed by atoms with Crippen molar-refractivity contribution in [2.45, 2.75) is 31.7 Å². The van der Waals surface area contributed by atoms with Gasteiger partial charge in [0.25, 0.3) is 0 Å². The highest BCUT2D eigenvalue weighted by Crippen LogP contribution is 2.34. The molecule has 1 aliphatic rings. The number of carbonyl (C=O) groups excluding carboxylic acids is 1. The Morgan fingerprint density at radius 3 is 2.66 bits per heavy atom. The lowest BCUT2D eigenvalue weighted by Gasteiger charge is -2.18. The van der Waals surface area contributed by atoms with Gasteiger partial charge >= 0.3 is 0 Å². The first kappa shape index (κ1) is 20.3. The summed E-state index contributed by atoms with van der Waals surface area (Å²) in [7, 11) is 1.64. The molecule has 1 aliphatic heterocycles. The first-order valence-electron chi connectivity index (χ1n) is 11.2. The van der Waals surface area contributed by atoms with Gasteiger partial charge in [-0.05, 0) is 42.7 Å². The Bertz CT molecular complexity index is 1230. The van der Waals surface area contributed by atoms with Crippen molar-refractivity contribution in [3.05, 3.63) is 90.3 Å². The fourth-order valence-electron chi connectivity index (χ4n) is 4.64. The van der Waals surface area contributed by atoms with E-state index < -0.39 is 0 Å². The molecule has 0 N–H and O–H groups in total. The summed E-state index contributed by atoms with van der Waals surface area (Å²) in [6.07, 6.45) is 2.52. The zero-order chi connectivity index (χ0) is 21.9. The summed E-state index contributed by atoms with van der Waals surface area (Å²) in [4.78, 5) is 19.8. The number of anilines is 1. The first-order valence-corrected chi connectivity index (χ1v) is 11.2. The molecule has 0 aliphatic carbocycles. The van der Waals surface area contributed by atoms with Crippen LogP contribution in [0.3, 0.4) is 0 Å². The molecule has 5 rings (SSSR count). The Hall–Kier alpha value is -3.60. The van der Waals surface area contributed by atoms with E-state index in [-0.39, 0.29) is 11.8 Å². The predicted molar refractivity (Wildman–Crippen MR) is 127 cm³/mol. The molecule has 0 saturated carbocycles. The number of benzene rings is 3. The molecule has 1 saturated heterocycles. The molecule has 1 aromatic heterocycles. The molecule has 1 amide bonds. The maximum atomic E-state index is 12.9. The van der Waals surface area contributed by atoms with Gasteiger partial charge in [0.1, 0.15) is 11.6 Å². The fourth-order valence-corrected chi connectivity index (χ4v) is 4.64. The maximum absolute atomic E-state index is 12.9. The molecule has 5 nitrogen and oxygen atoms in total. The van der Waals surface area contributed by atoms with Gasteiger partial charge in [0.05, 0.1) is 18.1 Å². The Balaban J connectivity index is 1.41. The van der Waals surface area contributed by atoms with Crippen molar-refractivity contribution in [2.24, 2.45) is 0 Å². The number of aromatic nitrogens is 2. The van der Waals surface area contributed by atoms with Crippen LogP contribution in [0.25, 0.3) is 11.0 Å². The van der Waals surface area contributed by atoms with Gasteiger partial charge in [0.15, 0.2) is 0 Å². The van der Waals surface area contributed by atoms with E-state index in [0.717, 1.165) is 47.7 Å². The minimum absolute atomic E-state index is 0.0674. The van der Waals surface area contributed by atoms with Crippen LogP contribution in [0, 0.1) is 0 Å². The summed E-state index contributed by atoms with van der Waals surface area (Å²) in [5.41, 5.74) is 4.36. The number of ether oxygens (including phenoxy) is 1. The summed E-state index contributed by atoms with van der Waals surface area (Å²) in [5.74, 6) is 1.97. The van der Waals surface area contributed by atoms with E-state index in [2.05, 4.69) is 53.1 Å². The summed E-state index contributed by atoms with van der Waals surface area (Å²) in [6, 6.07) is 26.6. The molecule has 162 valence electrons. The van der Waals surface area contributed by atoms with Crippen LogP contribution in [-0.2, 0) is 17.8 Å². The molecule has 2 heterocycles. The second kappa shape index (κ2) is 8.87. The third-order valence-electron chi connectivity index (χ3n) is 6.23. The molecule has 5 heteroatoms. The smallest absolute Gasteiger partial charge is 0.227 e. The second-order valence-electron chi connectivity index (χ2n) is 8.31. The summed E-state index contributed by atoms with van der Waals surface area (Å²) < 4.78 is 7.67. The monoisotopic (exact) mass is 425 g/mol. The predicted octanol–water partition coefficient (Wildman–Crippen LogP) is 5.20. The average Bonchev–Trinajstić information content (AvgIpc) is 3.40. The van der Waals surface area contributed by atoms with Crippen LogP contribution in [0.5, 0.6) is 5.75 Å². The van der Waals surface area contributed by atoms with Crippen molar-refractivity contribution in [3.8, 4) is 5.75 Å². The molecular weight excluding hydrogens is 398 g/mol. The topological polar surface area (TPSA) is 47.4 Å². The highest BCUT2D eigenvalue weighted by Gasteiger charge is 2.34. The van der Waals surface area contributed by atoms with Crippen molar-refractivity contribution >= 4 is 22.6 Å². The largest absolute Gasteiger partial charge is 0.497 e. The van der Waals surface area contributed by atoms with Crippen molar-refractivity contribution in [1.82, 2.24) is 9.55 Å². The van der Waals surface area contributed by atoms with Gasteiger partial charge < -0.3 is 14.2 Å². The number of hydrogen-bond acceptors (Lipinski definition) is 3. The molecule has 0 bridgehead atoms. The Morgan fingerprint density at radius 2 is 1.81 bits per heavy atom. The zero-order valence-electron chi connectivity index (χ0n) is 18.3. The van der Waals surface area contributed by atoms with E-state index in [0.29, 0.717) is 13.0 Å². The lowest BCUT2D eigenvalue weighted by Crippen LogP contribution is -2.24. The Kier molecular flexibility index (Phi) is 5.63. The van der Waals surface area contributed by atoms with Crippen LogP contribution in [0.1, 0.15) is 30.1 Å². The lowest BCUT2D eigenvalue weighted by molar-refractivity contribution is -0.117. The Labute approximate surface area is 188 Å². The minimum Gasteiger partial charge on any atom is -0.497 e. The third kappa shape index (κ3) is 3.98. The SMILES string of the molecule is COc1cccc(N2C[C@H](c3nc4ccccc4n3CCCc3ccccc3)CC2=O)c1. The Morgan fingerprint density at radius 1 is 1.00 bits per heavy atom. The number of nitrogens with zero attached hydrogens (tertiary/aromatic N) is 3. The van der Waals surface area contributed by atoms with Gasteiger partial charge in [0, 0.05) is 37.2 Å². The molecule has 0 unspecified atom stereocenters. The third-order valence-corrected chi connectivity index (χ3v) is 6.23. The van der Waals surface area contributed by atoms with Crippen LogP contribution in [-0.4, -0.2) is 29.1 Å². The van der Waals surface area contributed by atoms with E-state index in [1.165, 1.54) is 5.56 Å². The number of aryl methyl sites for hydroxylation is 2. The average molecular weight is 426 g/mol. The van der Waals surface area contributed by atoms with E-state index in [4.69, 9.17) is 9.72 Å².